The van der Waals surface area contributed by atoms with Crippen LogP contribution in [0.3, 0.4) is 0 Å². The zero-order valence-corrected chi connectivity index (χ0v) is 14.5. The van der Waals surface area contributed by atoms with E-state index >= 15 is 0 Å². The maximum Gasteiger partial charge on any atom is 0.416 e. The highest BCUT2D eigenvalue weighted by Crippen LogP contribution is 2.31. The van der Waals surface area contributed by atoms with E-state index in [1.165, 1.54) is 12.1 Å². The van der Waals surface area contributed by atoms with E-state index in [4.69, 9.17) is 0 Å². The highest BCUT2D eigenvalue weighted by atomic mass is 32.2. The second kappa shape index (κ2) is 8.80. The molecule has 1 amide bonds. The van der Waals surface area contributed by atoms with E-state index in [0.717, 1.165) is 24.3 Å². The van der Waals surface area contributed by atoms with Crippen molar-refractivity contribution >= 4 is 29.0 Å². The summed E-state index contributed by atoms with van der Waals surface area (Å²) in [7, 11) is 0. The Morgan fingerprint density at radius 2 is 1.88 bits per heavy atom. The van der Waals surface area contributed by atoms with Gasteiger partial charge >= 0.3 is 6.18 Å². The molecule has 2 aromatic carbocycles. The molecule has 0 fully saturated rings. The number of nitrogens with one attached hydrogen (secondary N) is 2. The number of hydrogen-bond donors (Lipinski definition) is 2. The van der Waals surface area contributed by atoms with E-state index in [0.29, 0.717) is 17.8 Å². The fourth-order valence-corrected chi connectivity index (χ4v) is 2.67. The maximum atomic E-state index is 12.8. The van der Waals surface area contributed by atoms with Crippen molar-refractivity contribution in [3.8, 4) is 0 Å². The number of rotatable bonds is 7. The molecule has 2 N–H and O–H groups in total. The predicted molar refractivity (Wildman–Crippen MR) is 96.5 cm³/mol. The first-order chi connectivity index (χ1) is 11.9. The number of hydrogen-bond acceptors (Lipinski definition) is 3. The van der Waals surface area contributed by atoms with Crippen molar-refractivity contribution in [3.05, 3.63) is 59.7 Å². The molecule has 0 heterocycles. The van der Waals surface area contributed by atoms with E-state index in [1.54, 1.807) is 36.0 Å². The lowest BCUT2D eigenvalue weighted by Crippen LogP contribution is -2.25. The molecule has 0 saturated heterocycles. The molecule has 0 bridgehead atoms. The highest BCUT2D eigenvalue weighted by Gasteiger charge is 2.30. The fraction of sp³-hybridized carbons (Fsp3) is 0.278. The van der Waals surface area contributed by atoms with Gasteiger partial charge in [-0.25, -0.2) is 0 Å². The van der Waals surface area contributed by atoms with Crippen LogP contribution in [0, 0.1) is 0 Å². The molecule has 7 heteroatoms. The topological polar surface area (TPSA) is 41.1 Å². The minimum Gasteiger partial charge on any atom is -0.355 e. The van der Waals surface area contributed by atoms with Crippen molar-refractivity contribution in [2.24, 2.45) is 0 Å². The van der Waals surface area contributed by atoms with Crippen molar-refractivity contribution in [1.29, 1.82) is 0 Å². The van der Waals surface area contributed by atoms with Crippen molar-refractivity contribution in [2.75, 3.05) is 23.9 Å². The zero-order chi connectivity index (χ0) is 18.3. The smallest absolute Gasteiger partial charge is 0.355 e. The van der Waals surface area contributed by atoms with Crippen LogP contribution < -0.4 is 10.6 Å². The third-order valence-corrected chi connectivity index (χ3v) is 4.15. The van der Waals surface area contributed by atoms with Gasteiger partial charge in [0.1, 0.15) is 0 Å². The second-order valence-corrected chi connectivity index (χ2v) is 6.34. The minimum atomic E-state index is -4.41. The van der Waals surface area contributed by atoms with Crippen molar-refractivity contribution in [3.63, 3.8) is 0 Å². The summed E-state index contributed by atoms with van der Waals surface area (Å²) in [6.45, 7) is 0.553. The van der Waals surface area contributed by atoms with Gasteiger partial charge in [0.25, 0.3) is 5.91 Å². The monoisotopic (exact) mass is 368 g/mol. The molecule has 0 saturated carbocycles. The van der Waals surface area contributed by atoms with Gasteiger partial charge < -0.3 is 10.6 Å². The summed E-state index contributed by atoms with van der Waals surface area (Å²) in [5.74, 6) is 0.695. The lowest BCUT2D eigenvalue weighted by molar-refractivity contribution is -0.137. The molecule has 0 atom stereocenters. The molecular formula is C18H19F3N2OS. The summed E-state index contributed by atoms with van der Waals surface area (Å²) in [5.41, 5.74) is 0.391. The van der Waals surface area contributed by atoms with Crippen molar-refractivity contribution < 1.29 is 18.0 Å². The maximum absolute atomic E-state index is 12.8. The lowest BCUT2D eigenvalue weighted by atomic mass is 10.1. The Bertz CT molecular complexity index is 719. The number of carbonyl (C=O) groups excluding carboxylic acids is 1. The molecule has 0 aliphatic heterocycles. The van der Waals surface area contributed by atoms with E-state index in [2.05, 4.69) is 10.6 Å². The first-order valence-electron chi connectivity index (χ1n) is 7.72. The van der Waals surface area contributed by atoms with E-state index < -0.39 is 11.7 Å². The van der Waals surface area contributed by atoms with Gasteiger partial charge in [-0.2, -0.15) is 24.9 Å². The normalized spacial score (nSPS) is 11.2. The summed E-state index contributed by atoms with van der Waals surface area (Å²) < 4.78 is 38.5. The molecule has 134 valence electrons. The highest BCUT2D eigenvalue weighted by molar-refractivity contribution is 7.98. The van der Waals surface area contributed by atoms with Crippen LogP contribution in [0.5, 0.6) is 0 Å². The summed E-state index contributed by atoms with van der Waals surface area (Å²) in [4.78, 5) is 12.3. The lowest BCUT2D eigenvalue weighted by Gasteiger charge is -2.14. The van der Waals surface area contributed by atoms with Crippen LogP contribution in [0.1, 0.15) is 22.3 Å². The number of carbonyl (C=O) groups is 1. The standard InChI is InChI=1S/C18H19F3N2OS/c1-25-11-5-10-22-17(24)15-8-2-3-9-16(15)23-14-7-4-6-13(12-14)18(19,20)21/h2-4,6-9,12,23H,5,10-11H2,1H3,(H,22,24). The van der Waals surface area contributed by atoms with Crippen molar-refractivity contribution in [2.45, 2.75) is 12.6 Å². The molecule has 0 spiro atoms. The molecule has 0 aliphatic rings. The van der Waals surface area contributed by atoms with E-state index in [-0.39, 0.29) is 11.6 Å². The average molecular weight is 368 g/mol. The van der Waals surface area contributed by atoms with Gasteiger partial charge in [0, 0.05) is 12.2 Å². The third-order valence-electron chi connectivity index (χ3n) is 3.45. The summed E-state index contributed by atoms with van der Waals surface area (Å²) >= 11 is 1.70. The molecule has 3 nitrogen and oxygen atoms in total. The van der Waals surface area contributed by atoms with Gasteiger partial charge in [-0.05, 0) is 48.8 Å². The number of para-hydroxylation sites is 1. The van der Waals surface area contributed by atoms with Gasteiger partial charge in [-0.15, -0.1) is 0 Å². The Labute approximate surface area is 149 Å². The molecule has 2 aromatic rings. The number of alkyl halides is 3. The quantitative estimate of drug-likeness (QED) is 0.681. The van der Waals surface area contributed by atoms with Gasteiger partial charge in [-0.3, -0.25) is 4.79 Å². The third kappa shape index (κ3) is 5.70. The van der Waals surface area contributed by atoms with Crippen LogP contribution in [0.4, 0.5) is 24.5 Å². The van der Waals surface area contributed by atoms with Crippen LogP contribution in [-0.4, -0.2) is 24.5 Å². The SMILES string of the molecule is CSCCCNC(=O)c1ccccc1Nc1cccc(C(F)(F)F)c1. The van der Waals surface area contributed by atoms with E-state index in [1.807, 2.05) is 6.26 Å². The second-order valence-electron chi connectivity index (χ2n) is 5.35. The number of benzene rings is 2. The first-order valence-corrected chi connectivity index (χ1v) is 9.11. The van der Waals surface area contributed by atoms with Gasteiger partial charge in [-0.1, -0.05) is 18.2 Å². The Hall–Kier alpha value is -2.15. The van der Waals surface area contributed by atoms with Crippen LogP contribution >= 0.6 is 11.8 Å². The first kappa shape index (κ1) is 19.2. The summed E-state index contributed by atoms with van der Waals surface area (Å²) in [5, 5.41) is 5.73. The fourth-order valence-electron chi connectivity index (χ4n) is 2.23. The predicted octanol–water partition coefficient (Wildman–Crippen LogP) is 4.93. The van der Waals surface area contributed by atoms with Crippen LogP contribution in [0.15, 0.2) is 48.5 Å². The van der Waals surface area contributed by atoms with Gasteiger partial charge in [0.2, 0.25) is 0 Å². The molecule has 0 aromatic heterocycles. The number of halogens is 3. The zero-order valence-electron chi connectivity index (χ0n) is 13.7. The summed E-state index contributed by atoms with van der Waals surface area (Å²) in [6.07, 6.45) is -1.56. The Balaban J connectivity index is 2.14. The Morgan fingerprint density at radius 1 is 1.12 bits per heavy atom. The largest absolute Gasteiger partial charge is 0.416 e. The van der Waals surface area contributed by atoms with Crippen LogP contribution in [-0.2, 0) is 6.18 Å². The molecule has 2 rings (SSSR count). The summed E-state index contributed by atoms with van der Waals surface area (Å²) in [6, 6.07) is 11.6. The van der Waals surface area contributed by atoms with Gasteiger partial charge in [0.15, 0.2) is 0 Å². The molecule has 0 radical (unpaired) electrons. The Kier molecular flexibility index (Phi) is 6.75. The van der Waals surface area contributed by atoms with Crippen molar-refractivity contribution in [1.82, 2.24) is 5.32 Å². The van der Waals surface area contributed by atoms with Gasteiger partial charge in [0.05, 0.1) is 16.8 Å². The molecule has 0 aliphatic carbocycles. The van der Waals surface area contributed by atoms with Crippen LogP contribution in [0.2, 0.25) is 0 Å². The van der Waals surface area contributed by atoms with E-state index in [9.17, 15) is 18.0 Å². The number of anilines is 2. The Morgan fingerprint density at radius 3 is 2.60 bits per heavy atom. The molecule has 25 heavy (non-hydrogen) atoms. The minimum absolute atomic E-state index is 0.254. The molecular weight excluding hydrogens is 349 g/mol. The number of amides is 1. The average Bonchev–Trinajstić information content (AvgIpc) is 2.58. The number of thioether (sulfide) groups is 1. The molecule has 0 unspecified atom stereocenters. The van der Waals surface area contributed by atoms with Crippen LogP contribution in [0.25, 0.3) is 0 Å².